The van der Waals surface area contributed by atoms with Crippen molar-refractivity contribution in [3.05, 3.63) is 35.9 Å². The Morgan fingerprint density at radius 1 is 1.26 bits per heavy atom. The van der Waals surface area contributed by atoms with Crippen molar-refractivity contribution in [3.63, 3.8) is 0 Å². The van der Waals surface area contributed by atoms with Gasteiger partial charge in [-0.2, -0.15) is 9.97 Å². The highest BCUT2D eigenvalue weighted by atomic mass is 19.4. The van der Waals surface area contributed by atoms with Crippen molar-refractivity contribution in [1.29, 1.82) is 0 Å². The third-order valence-electron chi connectivity index (χ3n) is 4.83. The van der Waals surface area contributed by atoms with Crippen LogP contribution >= 0.6 is 0 Å². The van der Waals surface area contributed by atoms with Gasteiger partial charge in [-0.1, -0.05) is 12.1 Å². The third kappa shape index (κ3) is 6.37. The zero-order chi connectivity index (χ0) is 22.4. The number of rotatable bonds is 8. The van der Waals surface area contributed by atoms with Crippen LogP contribution in [-0.2, 0) is 11.2 Å². The van der Waals surface area contributed by atoms with Crippen LogP contribution in [0.15, 0.2) is 30.3 Å². The maximum atomic E-state index is 12.2. The molecule has 2 N–H and O–H groups in total. The molecular weight excluding hydrogens is 417 g/mol. The molecule has 3 rings (SSSR count). The first-order valence-electron chi connectivity index (χ1n) is 9.76. The number of carboxylic acid groups (broad SMARTS) is 1. The second kappa shape index (κ2) is 9.71. The molecule has 0 bridgehead atoms. The molecule has 0 saturated carbocycles. The SMILES string of the molecule is COc1nc(NCCc2ccc(OC(F)(F)F)cc2)cc(N2CCCCC2C(=O)O)n1. The third-order valence-corrected chi connectivity index (χ3v) is 4.83. The quantitative estimate of drug-likeness (QED) is 0.644. The lowest BCUT2D eigenvalue weighted by atomic mass is 10.0. The average molecular weight is 440 g/mol. The molecule has 1 aromatic heterocycles. The number of nitrogens with one attached hydrogen (secondary N) is 1. The Balaban J connectivity index is 1.65. The van der Waals surface area contributed by atoms with Crippen molar-refractivity contribution in [2.75, 3.05) is 30.4 Å². The normalized spacial score (nSPS) is 16.6. The number of halogens is 3. The number of carbonyl (C=O) groups is 1. The maximum Gasteiger partial charge on any atom is 0.573 e. The number of hydrogen-bond donors (Lipinski definition) is 2. The molecule has 1 aromatic carbocycles. The molecule has 0 amide bonds. The minimum atomic E-state index is -4.72. The first-order valence-corrected chi connectivity index (χ1v) is 9.76. The summed E-state index contributed by atoms with van der Waals surface area (Å²) in [5.74, 6) is -0.239. The predicted molar refractivity (Wildman–Crippen MR) is 107 cm³/mol. The van der Waals surface area contributed by atoms with Gasteiger partial charge in [0.1, 0.15) is 23.4 Å². The fraction of sp³-hybridized carbons (Fsp3) is 0.450. The summed E-state index contributed by atoms with van der Waals surface area (Å²) in [6, 6.07) is 6.76. The predicted octanol–water partition coefficient (Wildman–Crippen LogP) is 3.48. The summed E-state index contributed by atoms with van der Waals surface area (Å²) in [5, 5.41) is 12.6. The van der Waals surface area contributed by atoms with E-state index in [2.05, 4.69) is 20.0 Å². The fourth-order valence-corrected chi connectivity index (χ4v) is 3.40. The first-order chi connectivity index (χ1) is 14.7. The van der Waals surface area contributed by atoms with Gasteiger partial charge >= 0.3 is 18.3 Å². The number of ether oxygens (including phenoxy) is 2. The Morgan fingerprint density at radius 2 is 2.00 bits per heavy atom. The van der Waals surface area contributed by atoms with Crippen LogP contribution in [0.2, 0.25) is 0 Å². The molecule has 0 radical (unpaired) electrons. The molecule has 1 aliphatic rings. The molecule has 1 atom stereocenters. The number of carboxylic acids is 1. The van der Waals surface area contributed by atoms with E-state index in [1.54, 1.807) is 23.1 Å². The minimum Gasteiger partial charge on any atom is -0.480 e. The summed E-state index contributed by atoms with van der Waals surface area (Å²) >= 11 is 0. The largest absolute Gasteiger partial charge is 0.573 e. The number of benzene rings is 1. The van der Waals surface area contributed by atoms with E-state index in [0.717, 1.165) is 18.4 Å². The fourth-order valence-electron chi connectivity index (χ4n) is 3.40. The van der Waals surface area contributed by atoms with Crippen molar-refractivity contribution in [2.45, 2.75) is 38.1 Å². The molecule has 8 nitrogen and oxygen atoms in total. The van der Waals surface area contributed by atoms with Gasteiger partial charge in [-0.15, -0.1) is 13.2 Å². The van der Waals surface area contributed by atoms with E-state index in [4.69, 9.17) is 4.74 Å². The second-order valence-corrected chi connectivity index (χ2v) is 7.01. The Labute approximate surface area is 177 Å². The van der Waals surface area contributed by atoms with E-state index in [9.17, 15) is 23.1 Å². The lowest BCUT2D eigenvalue weighted by Crippen LogP contribution is -2.45. The molecular formula is C20H23F3N4O4. The monoisotopic (exact) mass is 440 g/mol. The number of nitrogens with zero attached hydrogens (tertiary/aromatic N) is 3. The molecule has 0 aliphatic carbocycles. The van der Waals surface area contributed by atoms with E-state index < -0.39 is 18.4 Å². The highest BCUT2D eigenvalue weighted by Crippen LogP contribution is 2.27. The van der Waals surface area contributed by atoms with Crippen molar-refractivity contribution in [3.8, 4) is 11.8 Å². The molecule has 31 heavy (non-hydrogen) atoms. The summed E-state index contributed by atoms with van der Waals surface area (Å²) in [6.07, 6.45) is -1.95. The number of alkyl halides is 3. The summed E-state index contributed by atoms with van der Waals surface area (Å²) in [5.41, 5.74) is 0.810. The van der Waals surface area contributed by atoms with Crippen LogP contribution in [0.5, 0.6) is 11.8 Å². The minimum absolute atomic E-state index is 0.114. The van der Waals surface area contributed by atoms with Gasteiger partial charge in [-0.05, 0) is 43.4 Å². The van der Waals surface area contributed by atoms with Gasteiger partial charge in [0.2, 0.25) is 0 Å². The summed E-state index contributed by atoms with van der Waals surface area (Å²) in [6.45, 7) is 1.02. The van der Waals surface area contributed by atoms with Crippen LogP contribution in [-0.4, -0.2) is 53.6 Å². The number of hydrogen-bond acceptors (Lipinski definition) is 7. The molecule has 1 saturated heterocycles. The highest BCUT2D eigenvalue weighted by molar-refractivity contribution is 5.78. The van der Waals surface area contributed by atoms with Gasteiger partial charge in [0.25, 0.3) is 0 Å². The molecule has 168 valence electrons. The summed E-state index contributed by atoms with van der Waals surface area (Å²) in [7, 11) is 1.43. The van der Waals surface area contributed by atoms with Crippen LogP contribution in [0.1, 0.15) is 24.8 Å². The molecule has 2 aromatic rings. The first kappa shape index (κ1) is 22.4. The lowest BCUT2D eigenvalue weighted by Gasteiger charge is -2.34. The lowest BCUT2D eigenvalue weighted by molar-refractivity contribution is -0.274. The van der Waals surface area contributed by atoms with Gasteiger partial charge in [-0.3, -0.25) is 0 Å². The average Bonchev–Trinajstić information content (AvgIpc) is 2.73. The van der Waals surface area contributed by atoms with Crippen LogP contribution in [0.25, 0.3) is 0 Å². The Hall–Kier alpha value is -3.24. The molecule has 1 aliphatic heterocycles. The number of aliphatic carboxylic acids is 1. The molecule has 2 heterocycles. The number of aromatic nitrogens is 2. The van der Waals surface area contributed by atoms with E-state index in [0.29, 0.717) is 37.6 Å². The van der Waals surface area contributed by atoms with Crippen molar-refractivity contribution < 1.29 is 32.5 Å². The summed E-state index contributed by atoms with van der Waals surface area (Å²) < 4.78 is 45.7. The zero-order valence-corrected chi connectivity index (χ0v) is 16.9. The number of piperidine rings is 1. The van der Waals surface area contributed by atoms with Crippen LogP contribution in [0.4, 0.5) is 24.8 Å². The van der Waals surface area contributed by atoms with Gasteiger partial charge in [0, 0.05) is 19.2 Å². The van der Waals surface area contributed by atoms with E-state index in [1.807, 2.05) is 0 Å². The number of methoxy groups -OCH3 is 1. The zero-order valence-electron chi connectivity index (χ0n) is 16.9. The second-order valence-electron chi connectivity index (χ2n) is 7.01. The van der Waals surface area contributed by atoms with Gasteiger partial charge in [0.15, 0.2) is 0 Å². The van der Waals surface area contributed by atoms with Crippen LogP contribution < -0.4 is 19.7 Å². The Bertz CT molecular complexity index is 893. The molecule has 0 spiro atoms. The number of anilines is 2. The summed E-state index contributed by atoms with van der Waals surface area (Å²) in [4.78, 5) is 21.9. The molecule has 11 heteroatoms. The van der Waals surface area contributed by atoms with Crippen LogP contribution in [0.3, 0.4) is 0 Å². The maximum absolute atomic E-state index is 12.2. The van der Waals surface area contributed by atoms with Gasteiger partial charge < -0.3 is 24.8 Å². The Morgan fingerprint density at radius 3 is 2.65 bits per heavy atom. The van der Waals surface area contributed by atoms with E-state index in [1.165, 1.54) is 19.2 Å². The van der Waals surface area contributed by atoms with Crippen molar-refractivity contribution in [1.82, 2.24) is 9.97 Å². The standard InChI is InChI=1S/C20H23F3N4O4/c1-30-19-25-16(12-17(26-19)27-11-3-2-4-15(27)18(28)29)24-10-9-13-5-7-14(8-6-13)31-20(21,22)23/h5-8,12,15H,2-4,9-11H2,1H3,(H,28,29)(H,24,25,26). The smallest absolute Gasteiger partial charge is 0.480 e. The topological polar surface area (TPSA) is 96.8 Å². The Kier molecular flexibility index (Phi) is 7.03. The van der Waals surface area contributed by atoms with Gasteiger partial charge in [0.05, 0.1) is 7.11 Å². The van der Waals surface area contributed by atoms with Crippen molar-refractivity contribution in [2.24, 2.45) is 0 Å². The molecule has 1 fully saturated rings. The van der Waals surface area contributed by atoms with Gasteiger partial charge in [-0.25, -0.2) is 4.79 Å². The van der Waals surface area contributed by atoms with E-state index in [-0.39, 0.29) is 11.8 Å². The molecule has 1 unspecified atom stereocenters. The van der Waals surface area contributed by atoms with Crippen LogP contribution in [0, 0.1) is 0 Å². The van der Waals surface area contributed by atoms with E-state index >= 15 is 0 Å². The highest BCUT2D eigenvalue weighted by Gasteiger charge is 2.31. The van der Waals surface area contributed by atoms with Crippen molar-refractivity contribution >= 4 is 17.6 Å².